The van der Waals surface area contributed by atoms with E-state index < -0.39 is 0 Å². The van der Waals surface area contributed by atoms with E-state index in [9.17, 15) is 4.79 Å². The Morgan fingerprint density at radius 2 is 2.21 bits per heavy atom. The predicted octanol–water partition coefficient (Wildman–Crippen LogP) is 3.22. The first-order chi connectivity index (χ1) is 9.04. The van der Waals surface area contributed by atoms with E-state index >= 15 is 0 Å². The van der Waals surface area contributed by atoms with Gasteiger partial charge in [-0.05, 0) is 44.9 Å². The van der Waals surface area contributed by atoms with Crippen LogP contribution in [0, 0.1) is 5.41 Å². The van der Waals surface area contributed by atoms with Gasteiger partial charge >= 0.3 is 0 Å². The Morgan fingerprint density at radius 1 is 1.47 bits per heavy atom. The minimum Gasteiger partial charge on any atom is -0.491 e. The molecule has 1 aliphatic carbocycles. The lowest BCUT2D eigenvalue weighted by atomic mass is 10.1. The fourth-order valence-corrected chi connectivity index (χ4v) is 2.25. The van der Waals surface area contributed by atoms with Crippen molar-refractivity contribution in [2.45, 2.75) is 32.8 Å². The first-order valence-corrected chi connectivity index (χ1v) is 7.19. The smallest absolute Gasteiger partial charge is 0.251 e. The minimum atomic E-state index is -0.0643. The molecular weight excluding hydrogens is 262 g/mol. The SMILES string of the molecule is CC(C)Oc1cccc(C(=O)NCC2(CCl)CC2)c1. The Kier molecular flexibility index (Phi) is 4.35. The molecule has 2 rings (SSSR count). The Labute approximate surface area is 119 Å². The van der Waals surface area contributed by atoms with Gasteiger partial charge in [0, 0.05) is 23.4 Å². The average Bonchev–Trinajstić information content (AvgIpc) is 3.16. The van der Waals surface area contributed by atoms with E-state index in [0.29, 0.717) is 18.0 Å². The number of carbonyl (C=O) groups excluding carboxylic acids is 1. The molecule has 1 aliphatic rings. The summed E-state index contributed by atoms with van der Waals surface area (Å²) >= 11 is 5.90. The van der Waals surface area contributed by atoms with Crippen molar-refractivity contribution in [3.05, 3.63) is 29.8 Å². The van der Waals surface area contributed by atoms with Gasteiger partial charge in [0.1, 0.15) is 5.75 Å². The monoisotopic (exact) mass is 281 g/mol. The molecule has 1 amide bonds. The van der Waals surface area contributed by atoms with Crippen LogP contribution in [0.15, 0.2) is 24.3 Å². The second kappa shape index (κ2) is 5.83. The fourth-order valence-electron chi connectivity index (χ4n) is 1.89. The maximum absolute atomic E-state index is 12.1. The van der Waals surface area contributed by atoms with Gasteiger partial charge in [-0.25, -0.2) is 0 Å². The molecule has 3 nitrogen and oxygen atoms in total. The van der Waals surface area contributed by atoms with Gasteiger partial charge < -0.3 is 10.1 Å². The lowest BCUT2D eigenvalue weighted by Gasteiger charge is -2.13. The zero-order chi connectivity index (χ0) is 13.9. The molecule has 0 aliphatic heterocycles. The van der Waals surface area contributed by atoms with E-state index in [1.807, 2.05) is 26.0 Å². The van der Waals surface area contributed by atoms with E-state index in [1.54, 1.807) is 12.1 Å². The van der Waals surface area contributed by atoms with Crippen molar-refractivity contribution in [2.75, 3.05) is 12.4 Å². The van der Waals surface area contributed by atoms with Gasteiger partial charge in [-0.1, -0.05) is 6.07 Å². The van der Waals surface area contributed by atoms with Crippen LogP contribution in [0.2, 0.25) is 0 Å². The van der Waals surface area contributed by atoms with Crippen LogP contribution in [0.25, 0.3) is 0 Å². The molecule has 0 heterocycles. The summed E-state index contributed by atoms with van der Waals surface area (Å²) in [6, 6.07) is 7.26. The molecule has 4 heteroatoms. The van der Waals surface area contributed by atoms with E-state index in [-0.39, 0.29) is 17.4 Å². The highest BCUT2D eigenvalue weighted by molar-refractivity contribution is 6.18. The summed E-state index contributed by atoms with van der Waals surface area (Å²) in [5.41, 5.74) is 0.770. The largest absolute Gasteiger partial charge is 0.491 e. The van der Waals surface area contributed by atoms with Crippen LogP contribution in [0.1, 0.15) is 37.0 Å². The van der Waals surface area contributed by atoms with Gasteiger partial charge in [0.2, 0.25) is 0 Å². The van der Waals surface area contributed by atoms with Gasteiger partial charge in [0.05, 0.1) is 6.10 Å². The quantitative estimate of drug-likeness (QED) is 0.813. The molecule has 1 aromatic rings. The van der Waals surface area contributed by atoms with Gasteiger partial charge in [-0.2, -0.15) is 0 Å². The zero-order valence-electron chi connectivity index (χ0n) is 11.4. The second-order valence-corrected chi connectivity index (χ2v) is 5.78. The molecule has 104 valence electrons. The van der Waals surface area contributed by atoms with E-state index in [0.717, 1.165) is 18.6 Å². The Bertz CT molecular complexity index is 455. The highest BCUT2D eigenvalue weighted by Gasteiger charge is 2.41. The van der Waals surface area contributed by atoms with Gasteiger partial charge in [-0.15, -0.1) is 11.6 Å². The Balaban J connectivity index is 1.95. The van der Waals surface area contributed by atoms with Crippen LogP contribution in [0.3, 0.4) is 0 Å². The maximum Gasteiger partial charge on any atom is 0.251 e. The van der Waals surface area contributed by atoms with Crippen molar-refractivity contribution in [3.8, 4) is 5.75 Å². The molecule has 0 aromatic heterocycles. The summed E-state index contributed by atoms with van der Waals surface area (Å²) in [4.78, 5) is 12.1. The molecule has 0 radical (unpaired) electrons. The molecule has 1 aromatic carbocycles. The van der Waals surface area contributed by atoms with Crippen LogP contribution >= 0.6 is 11.6 Å². The number of nitrogens with one attached hydrogen (secondary N) is 1. The van der Waals surface area contributed by atoms with Crippen molar-refractivity contribution in [1.82, 2.24) is 5.32 Å². The maximum atomic E-state index is 12.1. The van der Waals surface area contributed by atoms with E-state index in [4.69, 9.17) is 16.3 Å². The number of alkyl halides is 1. The van der Waals surface area contributed by atoms with Crippen molar-refractivity contribution < 1.29 is 9.53 Å². The normalized spacial score (nSPS) is 16.2. The van der Waals surface area contributed by atoms with E-state index in [1.165, 1.54) is 0 Å². The van der Waals surface area contributed by atoms with Crippen molar-refractivity contribution in [1.29, 1.82) is 0 Å². The van der Waals surface area contributed by atoms with Gasteiger partial charge in [0.15, 0.2) is 0 Å². The van der Waals surface area contributed by atoms with Crippen LogP contribution in [0.5, 0.6) is 5.75 Å². The summed E-state index contributed by atoms with van der Waals surface area (Å²) in [6.45, 7) is 4.58. The molecule has 0 spiro atoms. The number of benzene rings is 1. The van der Waals surface area contributed by atoms with Crippen molar-refractivity contribution in [3.63, 3.8) is 0 Å². The summed E-state index contributed by atoms with van der Waals surface area (Å²) in [6.07, 6.45) is 2.31. The molecule has 1 fully saturated rings. The van der Waals surface area contributed by atoms with Crippen LogP contribution in [0.4, 0.5) is 0 Å². The number of hydrogen-bond donors (Lipinski definition) is 1. The number of hydrogen-bond acceptors (Lipinski definition) is 2. The summed E-state index contributed by atoms with van der Waals surface area (Å²) < 4.78 is 5.58. The number of carbonyl (C=O) groups is 1. The number of halogens is 1. The first kappa shape index (κ1) is 14.2. The second-order valence-electron chi connectivity index (χ2n) is 5.51. The summed E-state index contributed by atoms with van der Waals surface area (Å²) in [5, 5.41) is 2.95. The summed E-state index contributed by atoms with van der Waals surface area (Å²) in [5.74, 6) is 1.27. The lowest BCUT2D eigenvalue weighted by molar-refractivity contribution is 0.0945. The number of ether oxygens (including phenoxy) is 1. The first-order valence-electron chi connectivity index (χ1n) is 6.66. The highest BCUT2D eigenvalue weighted by Crippen LogP contribution is 2.45. The van der Waals surface area contributed by atoms with Crippen molar-refractivity contribution in [2.24, 2.45) is 5.41 Å². The van der Waals surface area contributed by atoms with E-state index in [2.05, 4.69) is 5.32 Å². The number of rotatable bonds is 6. The van der Waals surface area contributed by atoms with Gasteiger partial charge in [0.25, 0.3) is 5.91 Å². The van der Waals surface area contributed by atoms with Crippen molar-refractivity contribution >= 4 is 17.5 Å². The fraction of sp³-hybridized carbons (Fsp3) is 0.533. The molecule has 0 saturated heterocycles. The third-order valence-corrected chi connectivity index (χ3v) is 3.90. The number of amides is 1. The molecule has 19 heavy (non-hydrogen) atoms. The predicted molar refractivity (Wildman–Crippen MR) is 76.9 cm³/mol. The highest BCUT2D eigenvalue weighted by atomic mass is 35.5. The molecule has 1 saturated carbocycles. The zero-order valence-corrected chi connectivity index (χ0v) is 12.2. The minimum absolute atomic E-state index is 0.0643. The average molecular weight is 282 g/mol. The Morgan fingerprint density at radius 3 is 2.79 bits per heavy atom. The standard InChI is InChI=1S/C15H20ClNO2/c1-11(2)19-13-5-3-4-12(8-13)14(18)17-10-15(9-16)6-7-15/h3-5,8,11H,6-7,9-10H2,1-2H3,(H,17,18). The van der Waals surface area contributed by atoms with Crippen LogP contribution in [-0.4, -0.2) is 24.4 Å². The molecule has 1 N–H and O–H groups in total. The third-order valence-electron chi connectivity index (χ3n) is 3.33. The third kappa shape index (κ3) is 3.87. The van der Waals surface area contributed by atoms with Gasteiger partial charge in [-0.3, -0.25) is 4.79 Å². The Hall–Kier alpha value is -1.22. The molecular formula is C15H20ClNO2. The topological polar surface area (TPSA) is 38.3 Å². The molecule has 0 unspecified atom stereocenters. The van der Waals surface area contributed by atoms with Crippen LogP contribution < -0.4 is 10.1 Å². The van der Waals surface area contributed by atoms with Crippen LogP contribution in [-0.2, 0) is 0 Å². The lowest BCUT2D eigenvalue weighted by Crippen LogP contribution is -2.31. The summed E-state index contributed by atoms with van der Waals surface area (Å²) in [7, 11) is 0. The molecule has 0 atom stereocenters. The molecule has 0 bridgehead atoms.